The maximum Gasteiger partial charge on any atom is 0.0720 e. The Bertz CT molecular complexity index is 203. The number of hydrogen-bond acceptors (Lipinski definition) is 2. The normalized spacial score (nSPS) is 10.9. The molecule has 0 aromatic heterocycles. The lowest BCUT2D eigenvalue weighted by atomic mass is 10.5. The standard InChI is InChI=1S/C9H17N2PSi/c1-13(2,3)12(8-4-6-10)9-5-7-11/h4-5,8-9H2,1-3H3. The minimum atomic E-state index is -1.10. The number of nitrogens with zero attached hydrogens (tertiary/aromatic N) is 2. The van der Waals surface area contributed by atoms with Crippen LogP contribution in [-0.4, -0.2) is 20.1 Å². The summed E-state index contributed by atoms with van der Waals surface area (Å²) in [4.78, 5) is 0. The van der Waals surface area contributed by atoms with Gasteiger partial charge in [-0.2, -0.15) is 10.5 Å². The lowest BCUT2D eigenvalue weighted by Crippen LogP contribution is -2.21. The van der Waals surface area contributed by atoms with Crippen molar-refractivity contribution in [1.29, 1.82) is 10.5 Å². The molecule has 0 N–H and O–H groups in total. The highest BCUT2D eigenvalue weighted by Crippen LogP contribution is 2.47. The topological polar surface area (TPSA) is 47.6 Å². The SMILES string of the molecule is C[Si](C)(C)P(CCC#N)CCC#N. The van der Waals surface area contributed by atoms with Gasteiger partial charge in [-0.25, -0.2) is 0 Å². The quantitative estimate of drug-likeness (QED) is 0.519. The van der Waals surface area contributed by atoms with E-state index in [1.807, 2.05) is 0 Å². The Balaban J connectivity index is 4.06. The van der Waals surface area contributed by atoms with Crippen LogP contribution >= 0.6 is 7.47 Å². The summed E-state index contributed by atoms with van der Waals surface area (Å²) in [5.41, 5.74) is 0. The molecule has 72 valence electrons. The Hall–Kier alpha value is -0.373. The van der Waals surface area contributed by atoms with Gasteiger partial charge in [-0.05, 0) is 12.3 Å². The van der Waals surface area contributed by atoms with Crippen molar-refractivity contribution in [2.75, 3.05) is 12.3 Å². The Morgan fingerprint density at radius 3 is 1.62 bits per heavy atom. The van der Waals surface area contributed by atoms with Crippen molar-refractivity contribution in [2.24, 2.45) is 0 Å². The Morgan fingerprint density at radius 2 is 1.38 bits per heavy atom. The van der Waals surface area contributed by atoms with E-state index in [-0.39, 0.29) is 7.47 Å². The first-order chi connectivity index (χ1) is 6.02. The smallest absolute Gasteiger partial charge is 0.0720 e. The fourth-order valence-electron chi connectivity index (χ4n) is 1.15. The number of nitriles is 2. The first-order valence-corrected chi connectivity index (χ1v) is 10.6. The summed E-state index contributed by atoms with van der Waals surface area (Å²) in [6.45, 7) is 7.02. The zero-order chi connectivity index (χ0) is 10.3. The molecule has 4 heteroatoms. The third-order valence-electron chi connectivity index (χ3n) is 1.94. The number of rotatable bonds is 5. The fraction of sp³-hybridized carbons (Fsp3) is 0.778. The van der Waals surface area contributed by atoms with Crippen LogP contribution in [-0.2, 0) is 0 Å². The Kier molecular flexibility index (Phi) is 5.96. The predicted molar refractivity (Wildman–Crippen MR) is 60.5 cm³/mol. The van der Waals surface area contributed by atoms with Crippen molar-refractivity contribution in [2.45, 2.75) is 32.5 Å². The molecule has 0 aliphatic heterocycles. The van der Waals surface area contributed by atoms with Gasteiger partial charge < -0.3 is 0 Å². The molecule has 0 heterocycles. The highest BCUT2D eigenvalue weighted by Gasteiger charge is 2.24. The summed E-state index contributed by atoms with van der Waals surface area (Å²) >= 11 is 0. The van der Waals surface area contributed by atoms with Gasteiger partial charge in [0.2, 0.25) is 0 Å². The molecule has 0 aromatic carbocycles. The third-order valence-corrected chi connectivity index (χ3v) is 12.4. The molecule has 0 atom stereocenters. The molecule has 0 rings (SSSR count). The van der Waals surface area contributed by atoms with Gasteiger partial charge in [-0.3, -0.25) is 0 Å². The Morgan fingerprint density at radius 1 is 1.00 bits per heavy atom. The second kappa shape index (κ2) is 6.14. The molecule has 0 fully saturated rings. The van der Waals surface area contributed by atoms with Crippen LogP contribution in [0.15, 0.2) is 0 Å². The van der Waals surface area contributed by atoms with Crippen LogP contribution in [0, 0.1) is 22.7 Å². The largest absolute Gasteiger partial charge is 0.198 e. The average Bonchev–Trinajstić information content (AvgIpc) is 2.02. The van der Waals surface area contributed by atoms with E-state index in [0.29, 0.717) is 12.8 Å². The minimum Gasteiger partial charge on any atom is -0.198 e. The summed E-state index contributed by atoms with van der Waals surface area (Å²) in [5, 5.41) is 17.0. The van der Waals surface area contributed by atoms with Crippen LogP contribution < -0.4 is 0 Å². The van der Waals surface area contributed by atoms with Gasteiger partial charge in [-0.15, -0.1) is 7.47 Å². The van der Waals surface area contributed by atoms with Gasteiger partial charge >= 0.3 is 0 Å². The van der Waals surface area contributed by atoms with E-state index >= 15 is 0 Å². The van der Waals surface area contributed by atoms with E-state index in [1.54, 1.807) is 0 Å². The van der Waals surface area contributed by atoms with Crippen LogP contribution in [0.2, 0.25) is 19.6 Å². The molecule has 2 nitrogen and oxygen atoms in total. The van der Waals surface area contributed by atoms with E-state index in [0.717, 1.165) is 12.3 Å². The second-order valence-corrected chi connectivity index (χ2v) is 16.2. The lowest BCUT2D eigenvalue weighted by molar-refractivity contribution is 1.19. The molecule has 0 spiro atoms. The van der Waals surface area contributed by atoms with Gasteiger partial charge in [0, 0.05) is 12.8 Å². The predicted octanol–water partition coefficient (Wildman–Crippen LogP) is 3.13. The molecule has 0 aliphatic carbocycles. The summed E-state index contributed by atoms with van der Waals surface area (Å²) in [5.74, 6) is 0. The summed E-state index contributed by atoms with van der Waals surface area (Å²) in [7, 11) is -1.12. The van der Waals surface area contributed by atoms with Crippen molar-refractivity contribution < 1.29 is 0 Å². The van der Waals surface area contributed by atoms with Gasteiger partial charge in [0.05, 0.1) is 19.9 Å². The first-order valence-electron chi connectivity index (χ1n) is 4.51. The van der Waals surface area contributed by atoms with E-state index in [9.17, 15) is 0 Å². The van der Waals surface area contributed by atoms with Crippen molar-refractivity contribution in [3.8, 4) is 12.1 Å². The molecule has 0 radical (unpaired) electrons. The van der Waals surface area contributed by atoms with E-state index in [4.69, 9.17) is 10.5 Å². The van der Waals surface area contributed by atoms with Crippen molar-refractivity contribution in [3.63, 3.8) is 0 Å². The van der Waals surface area contributed by atoms with E-state index in [1.165, 1.54) is 0 Å². The molecule has 0 bridgehead atoms. The third kappa shape index (κ3) is 5.80. The first kappa shape index (κ1) is 12.6. The highest BCUT2D eigenvalue weighted by molar-refractivity contribution is 7.94. The number of hydrogen-bond donors (Lipinski definition) is 0. The van der Waals surface area contributed by atoms with Crippen LogP contribution in [0.1, 0.15) is 12.8 Å². The van der Waals surface area contributed by atoms with E-state index < -0.39 is 7.74 Å². The minimum absolute atomic E-state index is 0.0196. The Labute approximate surface area is 83.2 Å². The zero-order valence-electron chi connectivity index (χ0n) is 8.67. The van der Waals surface area contributed by atoms with Crippen molar-refractivity contribution >= 4 is 15.2 Å². The molecule has 0 amide bonds. The van der Waals surface area contributed by atoms with E-state index in [2.05, 4.69) is 31.8 Å². The second-order valence-electron chi connectivity index (χ2n) is 3.97. The summed E-state index contributed by atoms with van der Waals surface area (Å²) in [6.07, 6.45) is 3.43. The molecule has 0 aromatic rings. The molecule has 0 saturated heterocycles. The zero-order valence-corrected chi connectivity index (χ0v) is 10.6. The van der Waals surface area contributed by atoms with Crippen LogP contribution in [0.4, 0.5) is 0 Å². The van der Waals surface area contributed by atoms with Gasteiger partial charge in [0.1, 0.15) is 0 Å². The van der Waals surface area contributed by atoms with Crippen LogP contribution in [0.5, 0.6) is 0 Å². The highest BCUT2D eigenvalue weighted by atomic mass is 31.4. The van der Waals surface area contributed by atoms with Crippen LogP contribution in [0.3, 0.4) is 0 Å². The van der Waals surface area contributed by atoms with Gasteiger partial charge in [0.15, 0.2) is 0 Å². The van der Waals surface area contributed by atoms with Crippen molar-refractivity contribution in [1.82, 2.24) is 0 Å². The molecule has 0 unspecified atom stereocenters. The van der Waals surface area contributed by atoms with Gasteiger partial charge in [0.25, 0.3) is 0 Å². The fourth-order valence-corrected chi connectivity index (χ4v) is 8.15. The molecule has 0 aliphatic rings. The maximum atomic E-state index is 8.52. The summed E-state index contributed by atoms with van der Waals surface area (Å²) < 4.78 is 0. The average molecular weight is 212 g/mol. The molecular weight excluding hydrogens is 195 g/mol. The molecule has 0 saturated carbocycles. The van der Waals surface area contributed by atoms with Crippen LogP contribution in [0.25, 0.3) is 0 Å². The lowest BCUT2D eigenvalue weighted by Gasteiger charge is -2.28. The maximum absolute atomic E-state index is 8.52. The van der Waals surface area contributed by atoms with Gasteiger partial charge in [-0.1, -0.05) is 19.6 Å². The monoisotopic (exact) mass is 212 g/mol. The van der Waals surface area contributed by atoms with Crippen molar-refractivity contribution in [3.05, 3.63) is 0 Å². The molecular formula is C9H17N2PSi. The summed E-state index contributed by atoms with van der Waals surface area (Å²) in [6, 6.07) is 4.40. The molecule has 13 heavy (non-hydrogen) atoms.